The number of hydrogen-bond acceptors (Lipinski definition) is 6. The number of piperidine rings is 1. The molecule has 0 bridgehead atoms. The Bertz CT molecular complexity index is 734. The number of aromatic nitrogens is 3. The predicted molar refractivity (Wildman–Crippen MR) is 106 cm³/mol. The molecule has 0 unspecified atom stereocenters. The number of carbonyl (C=O) groups is 1. The first-order valence-corrected chi connectivity index (χ1v) is 10.6. The molecule has 0 spiro atoms. The molecule has 1 aliphatic rings. The number of aliphatic hydroxyl groups excluding tert-OH is 1. The Balaban J connectivity index is 1.56. The fourth-order valence-electron chi connectivity index (χ4n) is 3.31. The molecule has 2 heterocycles. The van der Waals surface area contributed by atoms with Crippen LogP contribution in [0.3, 0.4) is 0 Å². The maximum atomic E-state index is 12.1. The first-order valence-electron chi connectivity index (χ1n) is 9.36. The SMILES string of the molecule is CSc1ccc(CN2CCC[C@H](n3cc(C(=O)NCCCO)nn3)C2)cc1. The number of nitrogens with one attached hydrogen (secondary N) is 1. The summed E-state index contributed by atoms with van der Waals surface area (Å²) < 4.78 is 1.82. The molecule has 0 saturated carbocycles. The van der Waals surface area contributed by atoms with Crippen molar-refractivity contribution in [1.29, 1.82) is 0 Å². The van der Waals surface area contributed by atoms with E-state index in [0.717, 1.165) is 32.5 Å². The van der Waals surface area contributed by atoms with Gasteiger partial charge in [0.25, 0.3) is 5.91 Å². The van der Waals surface area contributed by atoms with Gasteiger partial charge in [0.15, 0.2) is 5.69 Å². The number of thioether (sulfide) groups is 1. The van der Waals surface area contributed by atoms with Crippen molar-refractivity contribution in [2.45, 2.75) is 36.7 Å². The van der Waals surface area contributed by atoms with Gasteiger partial charge in [-0.2, -0.15) is 0 Å². The van der Waals surface area contributed by atoms with Crippen LogP contribution in [0.5, 0.6) is 0 Å². The van der Waals surface area contributed by atoms with E-state index in [2.05, 4.69) is 51.1 Å². The van der Waals surface area contributed by atoms with E-state index in [0.29, 0.717) is 18.7 Å². The molecule has 1 aliphatic heterocycles. The molecule has 0 aliphatic carbocycles. The topological polar surface area (TPSA) is 83.3 Å². The number of likely N-dealkylation sites (tertiary alicyclic amines) is 1. The highest BCUT2D eigenvalue weighted by molar-refractivity contribution is 7.98. The Morgan fingerprint density at radius 3 is 2.93 bits per heavy atom. The van der Waals surface area contributed by atoms with Crippen LogP contribution < -0.4 is 5.32 Å². The minimum atomic E-state index is -0.240. The molecule has 1 atom stereocenters. The van der Waals surface area contributed by atoms with E-state index < -0.39 is 0 Å². The molecule has 146 valence electrons. The third-order valence-corrected chi connectivity index (χ3v) is 5.53. The summed E-state index contributed by atoms with van der Waals surface area (Å²) in [5, 5.41) is 19.7. The molecule has 1 fully saturated rings. The zero-order valence-corrected chi connectivity index (χ0v) is 16.5. The van der Waals surface area contributed by atoms with E-state index >= 15 is 0 Å². The Labute approximate surface area is 164 Å². The molecule has 1 saturated heterocycles. The Hall–Kier alpha value is -1.90. The summed E-state index contributed by atoms with van der Waals surface area (Å²) >= 11 is 1.75. The fraction of sp³-hybridized carbons (Fsp3) is 0.526. The molecule has 8 heteroatoms. The minimum Gasteiger partial charge on any atom is -0.396 e. The van der Waals surface area contributed by atoms with Crippen molar-refractivity contribution in [3.05, 3.63) is 41.7 Å². The highest BCUT2D eigenvalue weighted by atomic mass is 32.2. The van der Waals surface area contributed by atoms with Gasteiger partial charge < -0.3 is 10.4 Å². The maximum Gasteiger partial charge on any atom is 0.273 e. The summed E-state index contributed by atoms with van der Waals surface area (Å²) in [5.74, 6) is -0.240. The quantitative estimate of drug-likeness (QED) is 0.530. The lowest BCUT2D eigenvalue weighted by molar-refractivity contribution is 0.0946. The highest BCUT2D eigenvalue weighted by Crippen LogP contribution is 2.23. The highest BCUT2D eigenvalue weighted by Gasteiger charge is 2.23. The standard InChI is InChI=1S/C19H27N5O2S/c1-27-17-7-5-15(6-8-17)12-23-10-2-4-16(13-23)24-14-18(21-22-24)19(26)20-9-3-11-25/h5-8,14,16,25H,2-4,9-13H2,1H3,(H,20,26)/t16-/m0/s1. The largest absolute Gasteiger partial charge is 0.396 e. The number of rotatable bonds is 8. The van der Waals surface area contributed by atoms with Crippen LogP contribution in [0.2, 0.25) is 0 Å². The molecule has 27 heavy (non-hydrogen) atoms. The van der Waals surface area contributed by atoms with Crippen LogP contribution in [0.25, 0.3) is 0 Å². The minimum absolute atomic E-state index is 0.0604. The second-order valence-electron chi connectivity index (χ2n) is 6.80. The van der Waals surface area contributed by atoms with Gasteiger partial charge in [-0.3, -0.25) is 9.69 Å². The average molecular weight is 390 g/mol. The molecule has 2 N–H and O–H groups in total. The molecule has 1 amide bonds. The number of benzene rings is 1. The van der Waals surface area contributed by atoms with Crippen LogP contribution in [0, 0.1) is 0 Å². The van der Waals surface area contributed by atoms with Gasteiger partial charge in [0.1, 0.15) is 0 Å². The van der Waals surface area contributed by atoms with Gasteiger partial charge >= 0.3 is 0 Å². The van der Waals surface area contributed by atoms with E-state index in [1.807, 2.05) is 4.68 Å². The van der Waals surface area contributed by atoms with Crippen molar-refractivity contribution in [2.75, 3.05) is 32.5 Å². The maximum absolute atomic E-state index is 12.1. The number of hydrogen-bond donors (Lipinski definition) is 2. The molecular weight excluding hydrogens is 362 g/mol. The smallest absolute Gasteiger partial charge is 0.273 e. The van der Waals surface area contributed by atoms with Gasteiger partial charge in [-0.1, -0.05) is 17.3 Å². The van der Waals surface area contributed by atoms with E-state index in [9.17, 15) is 4.79 Å². The van der Waals surface area contributed by atoms with Crippen LogP contribution >= 0.6 is 11.8 Å². The van der Waals surface area contributed by atoms with Gasteiger partial charge in [-0.05, 0) is 49.8 Å². The van der Waals surface area contributed by atoms with Crippen LogP contribution in [0.15, 0.2) is 35.4 Å². The predicted octanol–water partition coefficient (Wildman–Crippen LogP) is 1.95. The van der Waals surface area contributed by atoms with Crippen molar-refractivity contribution in [3.63, 3.8) is 0 Å². The van der Waals surface area contributed by atoms with Crippen LogP contribution in [0.4, 0.5) is 0 Å². The molecular formula is C19H27N5O2S. The Kier molecular flexibility index (Phi) is 7.25. The van der Waals surface area contributed by atoms with Gasteiger partial charge in [-0.15, -0.1) is 16.9 Å². The van der Waals surface area contributed by atoms with Gasteiger partial charge in [0.05, 0.1) is 12.2 Å². The summed E-state index contributed by atoms with van der Waals surface area (Å²) in [5.41, 5.74) is 1.65. The zero-order valence-electron chi connectivity index (χ0n) is 15.7. The van der Waals surface area contributed by atoms with E-state index in [1.54, 1.807) is 18.0 Å². The lowest BCUT2D eigenvalue weighted by Gasteiger charge is -2.32. The van der Waals surface area contributed by atoms with Crippen LogP contribution in [-0.4, -0.2) is 63.4 Å². The summed E-state index contributed by atoms with van der Waals surface area (Å²) in [6.45, 7) is 3.40. The van der Waals surface area contributed by atoms with E-state index in [1.165, 1.54) is 10.5 Å². The molecule has 7 nitrogen and oxygen atoms in total. The second kappa shape index (κ2) is 9.87. The van der Waals surface area contributed by atoms with E-state index in [4.69, 9.17) is 5.11 Å². The molecule has 1 aromatic heterocycles. The van der Waals surface area contributed by atoms with Crippen molar-refractivity contribution < 1.29 is 9.90 Å². The van der Waals surface area contributed by atoms with Crippen LogP contribution in [-0.2, 0) is 6.54 Å². The molecule has 2 aromatic rings. The third-order valence-electron chi connectivity index (χ3n) is 4.78. The summed E-state index contributed by atoms with van der Waals surface area (Å²) in [4.78, 5) is 15.8. The van der Waals surface area contributed by atoms with Gasteiger partial charge in [0, 0.05) is 31.1 Å². The summed E-state index contributed by atoms with van der Waals surface area (Å²) in [7, 11) is 0. The van der Waals surface area contributed by atoms with Gasteiger partial charge in [0.2, 0.25) is 0 Å². The first-order chi connectivity index (χ1) is 13.2. The van der Waals surface area contributed by atoms with Crippen LogP contribution in [0.1, 0.15) is 41.4 Å². The molecule has 0 radical (unpaired) electrons. The fourth-order valence-corrected chi connectivity index (χ4v) is 3.72. The first kappa shape index (κ1) is 19.9. The Morgan fingerprint density at radius 1 is 1.37 bits per heavy atom. The van der Waals surface area contributed by atoms with Crippen molar-refractivity contribution in [2.24, 2.45) is 0 Å². The van der Waals surface area contributed by atoms with Crippen molar-refractivity contribution in [1.82, 2.24) is 25.2 Å². The normalized spacial score (nSPS) is 17.8. The zero-order chi connectivity index (χ0) is 19.1. The number of carbonyl (C=O) groups excluding carboxylic acids is 1. The summed E-state index contributed by atoms with van der Waals surface area (Å²) in [6.07, 6.45) is 6.50. The monoisotopic (exact) mass is 389 g/mol. The summed E-state index contributed by atoms with van der Waals surface area (Å²) in [6, 6.07) is 8.95. The van der Waals surface area contributed by atoms with Crippen molar-refractivity contribution >= 4 is 17.7 Å². The van der Waals surface area contributed by atoms with Crippen molar-refractivity contribution in [3.8, 4) is 0 Å². The lowest BCUT2D eigenvalue weighted by Crippen LogP contribution is -2.36. The number of nitrogens with zero attached hydrogens (tertiary/aromatic N) is 4. The second-order valence-corrected chi connectivity index (χ2v) is 7.68. The number of amides is 1. The molecule has 1 aromatic carbocycles. The van der Waals surface area contributed by atoms with Gasteiger partial charge in [-0.25, -0.2) is 4.68 Å². The average Bonchev–Trinajstić information content (AvgIpc) is 3.19. The third kappa shape index (κ3) is 5.54. The Morgan fingerprint density at radius 2 is 2.19 bits per heavy atom. The molecule has 3 rings (SSSR count). The van der Waals surface area contributed by atoms with E-state index in [-0.39, 0.29) is 18.6 Å². The lowest BCUT2D eigenvalue weighted by atomic mass is 10.0. The number of aliphatic hydroxyl groups is 1.